The predicted octanol–water partition coefficient (Wildman–Crippen LogP) is 1.66. The van der Waals surface area contributed by atoms with Gasteiger partial charge in [0.05, 0.1) is 5.92 Å². The van der Waals surface area contributed by atoms with E-state index in [0.29, 0.717) is 24.0 Å². The van der Waals surface area contributed by atoms with E-state index < -0.39 is 0 Å². The van der Waals surface area contributed by atoms with Gasteiger partial charge in [-0.3, -0.25) is 9.69 Å². The summed E-state index contributed by atoms with van der Waals surface area (Å²) in [6.07, 6.45) is 2.26. The van der Waals surface area contributed by atoms with E-state index in [9.17, 15) is 4.79 Å². The largest absolute Gasteiger partial charge is 0.337 e. The molecule has 0 spiro atoms. The van der Waals surface area contributed by atoms with Gasteiger partial charge >= 0.3 is 0 Å². The molecule has 0 aromatic carbocycles. The third-order valence-electron chi connectivity index (χ3n) is 5.54. The van der Waals surface area contributed by atoms with Crippen molar-refractivity contribution in [1.29, 1.82) is 0 Å². The molecule has 120 valence electrons. The molecule has 4 nitrogen and oxygen atoms in total. The maximum absolute atomic E-state index is 12.8. The van der Waals surface area contributed by atoms with Crippen molar-refractivity contribution < 1.29 is 4.79 Å². The van der Waals surface area contributed by atoms with E-state index in [0.717, 1.165) is 38.5 Å². The first-order chi connectivity index (χ1) is 9.95. The Morgan fingerprint density at radius 3 is 2.38 bits per heavy atom. The lowest BCUT2D eigenvalue weighted by atomic mass is 10.1. The lowest BCUT2D eigenvalue weighted by Crippen LogP contribution is -2.51. The van der Waals surface area contributed by atoms with Crippen LogP contribution in [0.3, 0.4) is 0 Å². The molecule has 4 heteroatoms. The molecule has 1 amide bonds. The Hall–Kier alpha value is -0.610. The summed E-state index contributed by atoms with van der Waals surface area (Å²) in [6.45, 7) is 14.4. The summed E-state index contributed by atoms with van der Waals surface area (Å²) in [6, 6.07) is 1.69. The van der Waals surface area contributed by atoms with Gasteiger partial charge in [-0.05, 0) is 39.2 Å². The molecule has 2 bridgehead atoms. The van der Waals surface area contributed by atoms with Gasteiger partial charge in [-0.25, -0.2) is 0 Å². The van der Waals surface area contributed by atoms with Crippen LogP contribution in [0.4, 0.5) is 0 Å². The number of nitrogens with zero attached hydrogens (tertiary/aromatic N) is 3. The van der Waals surface area contributed by atoms with Gasteiger partial charge in [-0.2, -0.15) is 0 Å². The molecule has 0 aromatic heterocycles. The molecule has 0 N–H and O–H groups in total. The van der Waals surface area contributed by atoms with Crippen molar-refractivity contribution in [3.8, 4) is 0 Å². The average Bonchev–Trinajstić information content (AvgIpc) is 3.11. The number of hydrogen-bond acceptors (Lipinski definition) is 3. The molecule has 0 unspecified atom stereocenters. The van der Waals surface area contributed by atoms with Crippen LogP contribution in [-0.2, 0) is 4.79 Å². The molecule has 3 fully saturated rings. The van der Waals surface area contributed by atoms with Crippen molar-refractivity contribution >= 4 is 5.91 Å². The summed E-state index contributed by atoms with van der Waals surface area (Å²) in [5.74, 6) is 1.42. The maximum atomic E-state index is 12.8. The Bertz CT molecular complexity index is 395. The Kier molecular flexibility index (Phi) is 4.28. The summed E-state index contributed by atoms with van der Waals surface area (Å²) in [5, 5.41) is 0. The normalized spacial score (nSPS) is 33.8. The van der Waals surface area contributed by atoms with Crippen LogP contribution in [-0.4, -0.2) is 71.5 Å². The van der Waals surface area contributed by atoms with E-state index in [1.54, 1.807) is 0 Å². The predicted molar refractivity (Wildman–Crippen MR) is 85.1 cm³/mol. The number of likely N-dealkylation sites (tertiary alicyclic amines) is 3. The summed E-state index contributed by atoms with van der Waals surface area (Å²) in [5.41, 5.74) is 0. The number of carbonyl (C=O) groups is 1. The first kappa shape index (κ1) is 15.3. The van der Waals surface area contributed by atoms with E-state index in [1.165, 1.54) is 13.0 Å². The number of hydrogen-bond donors (Lipinski definition) is 0. The van der Waals surface area contributed by atoms with E-state index in [4.69, 9.17) is 0 Å². The molecule has 0 saturated carbocycles. The number of carbonyl (C=O) groups excluding carboxylic acids is 1. The highest BCUT2D eigenvalue weighted by molar-refractivity contribution is 5.80. The van der Waals surface area contributed by atoms with Gasteiger partial charge in [0.15, 0.2) is 0 Å². The van der Waals surface area contributed by atoms with Crippen LogP contribution in [0.15, 0.2) is 0 Å². The highest BCUT2D eigenvalue weighted by Gasteiger charge is 2.47. The maximum Gasteiger partial charge on any atom is 0.227 e. The zero-order valence-corrected chi connectivity index (χ0v) is 14.1. The molecule has 3 aliphatic rings. The molecule has 3 atom stereocenters. The van der Waals surface area contributed by atoms with E-state index in [1.807, 2.05) is 0 Å². The highest BCUT2D eigenvalue weighted by Crippen LogP contribution is 2.33. The molecule has 0 aromatic rings. The third kappa shape index (κ3) is 2.98. The summed E-state index contributed by atoms with van der Waals surface area (Å²) in [4.78, 5) is 20.1. The van der Waals surface area contributed by atoms with Gasteiger partial charge in [0.25, 0.3) is 0 Å². The zero-order chi connectivity index (χ0) is 15.1. The van der Waals surface area contributed by atoms with Gasteiger partial charge in [-0.1, -0.05) is 13.8 Å². The molecule has 3 aliphatic heterocycles. The average molecular weight is 293 g/mol. The number of piperazine rings is 1. The van der Waals surface area contributed by atoms with Gasteiger partial charge < -0.3 is 9.80 Å². The molecule has 0 radical (unpaired) electrons. The quantitative estimate of drug-likeness (QED) is 0.789. The fourth-order valence-corrected chi connectivity index (χ4v) is 4.40. The van der Waals surface area contributed by atoms with E-state index in [-0.39, 0.29) is 5.92 Å². The van der Waals surface area contributed by atoms with Crippen molar-refractivity contribution in [2.45, 2.75) is 58.7 Å². The van der Waals surface area contributed by atoms with Crippen LogP contribution in [0, 0.1) is 11.8 Å². The van der Waals surface area contributed by atoms with Crippen molar-refractivity contribution in [2.24, 2.45) is 11.8 Å². The molecule has 21 heavy (non-hydrogen) atoms. The van der Waals surface area contributed by atoms with Crippen LogP contribution in [0.1, 0.15) is 40.5 Å². The lowest BCUT2D eigenvalue weighted by molar-refractivity contribution is -0.137. The minimum absolute atomic E-state index is 0.255. The number of fused-ring (bicyclic) bond motifs is 2. The second kappa shape index (κ2) is 5.88. The van der Waals surface area contributed by atoms with Crippen molar-refractivity contribution in [3.05, 3.63) is 0 Å². The fourth-order valence-electron chi connectivity index (χ4n) is 4.40. The van der Waals surface area contributed by atoms with Gasteiger partial charge in [0.1, 0.15) is 0 Å². The summed E-state index contributed by atoms with van der Waals surface area (Å²) in [7, 11) is 0. The topological polar surface area (TPSA) is 26.8 Å². The van der Waals surface area contributed by atoms with E-state index >= 15 is 0 Å². The van der Waals surface area contributed by atoms with E-state index in [2.05, 4.69) is 42.4 Å². The lowest BCUT2D eigenvalue weighted by Gasteiger charge is -2.36. The number of rotatable bonds is 4. The highest BCUT2D eigenvalue weighted by atomic mass is 16.2. The van der Waals surface area contributed by atoms with Crippen molar-refractivity contribution in [1.82, 2.24) is 14.7 Å². The molecule has 0 aliphatic carbocycles. The second-order valence-corrected chi connectivity index (χ2v) is 7.96. The first-order valence-electron chi connectivity index (χ1n) is 8.74. The summed E-state index contributed by atoms with van der Waals surface area (Å²) >= 11 is 0. The fraction of sp³-hybridized carbons (Fsp3) is 0.941. The van der Waals surface area contributed by atoms with Crippen LogP contribution in [0.2, 0.25) is 0 Å². The Balaban J connectivity index is 1.55. The standard InChI is InChI=1S/C17H31N3O/c1-12(2)8-19-10-16-7-15(19)11-20(16)17(21)14-5-6-18(9-14)13(3)4/h12-16H,5-11H2,1-4H3/t14-,15+,16+/m1/s1. The Morgan fingerprint density at radius 1 is 1.10 bits per heavy atom. The van der Waals surface area contributed by atoms with Gasteiger partial charge in [0.2, 0.25) is 5.91 Å². The van der Waals surface area contributed by atoms with Crippen molar-refractivity contribution in [2.75, 3.05) is 32.7 Å². The molecular weight excluding hydrogens is 262 g/mol. The van der Waals surface area contributed by atoms with Crippen LogP contribution < -0.4 is 0 Å². The smallest absolute Gasteiger partial charge is 0.227 e. The SMILES string of the molecule is CC(C)CN1C[C@@H]2C[C@H]1CN2C(=O)[C@@H]1CCN(C(C)C)C1. The van der Waals surface area contributed by atoms with Crippen LogP contribution in [0.5, 0.6) is 0 Å². The monoisotopic (exact) mass is 293 g/mol. The Morgan fingerprint density at radius 2 is 1.86 bits per heavy atom. The minimum atomic E-state index is 0.255. The third-order valence-corrected chi connectivity index (χ3v) is 5.54. The van der Waals surface area contributed by atoms with Crippen molar-refractivity contribution in [3.63, 3.8) is 0 Å². The molecule has 3 saturated heterocycles. The second-order valence-electron chi connectivity index (χ2n) is 7.96. The number of amides is 1. The van der Waals surface area contributed by atoms with Gasteiger partial charge in [-0.15, -0.1) is 0 Å². The van der Waals surface area contributed by atoms with Gasteiger partial charge in [0, 0.05) is 44.3 Å². The van der Waals surface area contributed by atoms with Crippen LogP contribution in [0.25, 0.3) is 0 Å². The van der Waals surface area contributed by atoms with Crippen LogP contribution >= 0.6 is 0 Å². The molecule has 3 rings (SSSR count). The minimum Gasteiger partial charge on any atom is -0.337 e. The first-order valence-corrected chi connectivity index (χ1v) is 8.74. The summed E-state index contributed by atoms with van der Waals surface area (Å²) < 4.78 is 0. The Labute approximate surface area is 129 Å². The molecular formula is C17H31N3O. The zero-order valence-electron chi connectivity index (χ0n) is 14.1. The molecule has 3 heterocycles.